The van der Waals surface area contributed by atoms with Crippen molar-refractivity contribution in [1.82, 2.24) is 0 Å². The van der Waals surface area contributed by atoms with Crippen LogP contribution in [0.4, 0.5) is 0 Å². The highest BCUT2D eigenvalue weighted by Gasteiger charge is 2.08. The fourth-order valence-corrected chi connectivity index (χ4v) is 2.26. The van der Waals surface area contributed by atoms with Gasteiger partial charge in [0.25, 0.3) is 0 Å². The maximum atomic E-state index is 9.74. The molecule has 0 saturated heterocycles. The van der Waals surface area contributed by atoms with E-state index < -0.39 is 0 Å². The Kier molecular flexibility index (Phi) is 3.12. The first-order valence-electron chi connectivity index (χ1n) is 4.42. The van der Waals surface area contributed by atoms with Crippen molar-refractivity contribution < 1.29 is 5.11 Å². The van der Waals surface area contributed by atoms with E-state index in [0.717, 1.165) is 20.1 Å². The smallest absolute Gasteiger partial charge is 0.123 e. The van der Waals surface area contributed by atoms with Crippen molar-refractivity contribution in [2.24, 2.45) is 0 Å². The van der Waals surface area contributed by atoms with Gasteiger partial charge in [-0.3, -0.25) is 0 Å². The van der Waals surface area contributed by atoms with Crippen LogP contribution >= 0.6 is 31.9 Å². The fraction of sp³-hybridized carbons (Fsp3) is 0. The van der Waals surface area contributed by atoms with Crippen LogP contribution in [0.15, 0.2) is 51.4 Å². The summed E-state index contributed by atoms with van der Waals surface area (Å²) in [7, 11) is 0. The predicted octanol–water partition coefficient (Wildman–Crippen LogP) is 4.58. The summed E-state index contributed by atoms with van der Waals surface area (Å²) in [6, 6.07) is 13.1. The molecule has 0 radical (unpaired) electrons. The third-order valence-corrected chi connectivity index (χ3v) is 4.19. The van der Waals surface area contributed by atoms with Crippen molar-refractivity contribution in [3.8, 4) is 16.9 Å². The van der Waals surface area contributed by atoms with Crippen molar-refractivity contribution in [3.05, 3.63) is 51.4 Å². The first kappa shape index (κ1) is 10.7. The molecule has 15 heavy (non-hydrogen) atoms. The highest BCUT2D eigenvalue weighted by Crippen LogP contribution is 2.37. The molecule has 0 aromatic heterocycles. The number of aromatic hydroxyl groups is 1. The number of phenolic OH excluding ortho intramolecular Hbond substituents is 1. The van der Waals surface area contributed by atoms with Gasteiger partial charge in [0.15, 0.2) is 0 Å². The van der Waals surface area contributed by atoms with E-state index in [4.69, 9.17) is 0 Å². The minimum Gasteiger partial charge on any atom is -0.507 e. The summed E-state index contributed by atoms with van der Waals surface area (Å²) in [5.74, 6) is 0.288. The van der Waals surface area contributed by atoms with Gasteiger partial charge in [0.2, 0.25) is 0 Å². The molecule has 2 aromatic carbocycles. The van der Waals surface area contributed by atoms with Crippen molar-refractivity contribution in [1.29, 1.82) is 0 Å². The molecule has 0 saturated carbocycles. The second-order valence-corrected chi connectivity index (χ2v) is 4.77. The number of halogens is 2. The van der Waals surface area contributed by atoms with Gasteiger partial charge in [0.05, 0.1) is 0 Å². The number of rotatable bonds is 1. The molecule has 0 aliphatic heterocycles. The molecule has 0 heterocycles. The minimum absolute atomic E-state index is 0.288. The van der Waals surface area contributed by atoms with E-state index in [1.807, 2.05) is 36.4 Å². The Bertz CT molecular complexity index is 495. The Labute approximate surface area is 105 Å². The van der Waals surface area contributed by atoms with Crippen molar-refractivity contribution in [2.45, 2.75) is 0 Å². The van der Waals surface area contributed by atoms with Crippen molar-refractivity contribution in [2.75, 3.05) is 0 Å². The molecule has 0 fully saturated rings. The molecule has 0 atom stereocenters. The topological polar surface area (TPSA) is 20.2 Å². The van der Waals surface area contributed by atoms with Gasteiger partial charge in [-0.05, 0) is 44.0 Å². The third-order valence-electron chi connectivity index (χ3n) is 2.15. The summed E-state index contributed by atoms with van der Waals surface area (Å²) in [4.78, 5) is 0. The van der Waals surface area contributed by atoms with Crippen LogP contribution in [0.5, 0.6) is 5.75 Å². The summed E-state index contributed by atoms with van der Waals surface area (Å²) >= 11 is 6.93. The molecule has 1 nitrogen and oxygen atoms in total. The van der Waals surface area contributed by atoms with Gasteiger partial charge in [0, 0.05) is 20.1 Å². The average Bonchev–Trinajstić information content (AvgIpc) is 2.23. The van der Waals surface area contributed by atoms with E-state index in [9.17, 15) is 5.11 Å². The molecule has 0 aliphatic carbocycles. The Balaban J connectivity index is 2.65. The van der Waals surface area contributed by atoms with Crippen LogP contribution < -0.4 is 0 Å². The lowest BCUT2D eigenvalue weighted by Gasteiger charge is -2.07. The number of para-hydroxylation sites is 1. The van der Waals surface area contributed by atoms with Crippen LogP contribution in [-0.2, 0) is 0 Å². The number of phenols is 1. The number of hydrogen-bond acceptors (Lipinski definition) is 1. The van der Waals surface area contributed by atoms with Crippen molar-refractivity contribution >= 4 is 31.9 Å². The zero-order valence-electron chi connectivity index (χ0n) is 7.74. The van der Waals surface area contributed by atoms with Gasteiger partial charge in [-0.1, -0.05) is 30.3 Å². The van der Waals surface area contributed by atoms with E-state index in [-0.39, 0.29) is 5.75 Å². The minimum atomic E-state index is 0.288. The van der Waals surface area contributed by atoms with E-state index >= 15 is 0 Å². The summed E-state index contributed by atoms with van der Waals surface area (Å²) in [5.41, 5.74) is 1.80. The molecule has 76 valence electrons. The Hall–Kier alpha value is -0.800. The van der Waals surface area contributed by atoms with Gasteiger partial charge in [-0.2, -0.15) is 0 Å². The van der Waals surface area contributed by atoms with Gasteiger partial charge < -0.3 is 5.11 Å². The van der Waals surface area contributed by atoms with E-state index in [1.54, 1.807) is 6.07 Å². The molecule has 0 spiro atoms. The molecule has 2 rings (SSSR count). The monoisotopic (exact) mass is 326 g/mol. The molecule has 3 heteroatoms. The van der Waals surface area contributed by atoms with Crippen LogP contribution in [0.25, 0.3) is 11.1 Å². The zero-order chi connectivity index (χ0) is 10.8. The normalized spacial score (nSPS) is 10.3. The summed E-state index contributed by atoms with van der Waals surface area (Å²) in [6.45, 7) is 0. The highest BCUT2D eigenvalue weighted by atomic mass is 79.9. The van der Waals surface area contributed by atoms with E-state index in [0.29, 0.717) is 0 Å². The van der Waals surface area contributed by atoms with Gasteiger partial charge in [0.1, 0.15) is 5.75 Å². The second-order valence-electron chi connectivity index (χ2n) is 3.12. The summed E-state index contributed by atoms with van der Waals surface area (Å²) < 4.78 is 1.93. The lowest BCUT2D eigenvalue weighted by atomic mass is 10.1. The highest BCUT2D eigenvalue weighted by molar-refractivity contribution is 9.13. The zero-order valence-corrected chi connectivity index (χ0v) is 10.9. The third kappa shape index (κ3) is 2.08. The predicted molar refractivity (Wildman–Crippen MR) is 68.9 cm³/mol. The Morgan fingerprint density at radius 2 is 1.47 bits per heavy atom. The van der Waals surface area contributed by atoms with Crippen LogP contribution in [0.3, 0.4) is 0 Å². The van der Waals surface area contributed by atoms with Crippen LogP contribution in [0.2, 0.25) is 0 Å². The maximum Gasteiger partial charge on any atom is 0.123 e. The quantitative estimate of drug-likeness (QED) is 0.812. The molecular weight excluding hydrogens is 320 g/mol. The lowest BCUT2D eigenvalue weighted by Crippen LogP contribution is -1.81. The first-order chi connectivity index (χ1) is 7.20. The van der Waals surface area contributed by atoms with E-state index in [2.05, 4.69) is 31.9 Å². The van der Waals surface area contributed by atoms with Gasteiger partial charge >= 0.3 is 0 Å². The SMILES string of the molecule is Oc1ccccc1-c1cccc(Br)c1Br. The molecule has 2 aromatic rings. The van der Waals surface area contributed by atoms with Crippen LogP contribution in [0.1, 0.15) is 0 Å². The molecular formula is C12H8Br2O. The molecule has 0 unspecified atom stereocenters. The number of benzene rings is 2. The molecule has 0 bridgehead atoms. The van der Waals surface area contributed by atoms with Gasteiger partial charge in [-0.15, -0.1) is 0 Å². The van der Waals surface area contributed by atoms with E-state index in [1.165, 1.54) is 0 Å². The molecule has 0 amide bonds. The Morgan fingerprint density at radius 1 is 0.800 bits per heavy atom. The Morgan fingerprint density at radius 3 is 2.20 bits per heavy atom. The average molecular weight is 328 g/mol. The van der Waals surface area contributed by atoms with Crippen LogP contribution in [-0.4, -0.2) is 5.11 Å². The lowest BCUT2D eigenvalue weighted by molar-refractivity contribution is 0.477. The maximum absolute atomic E-state index is 9.74. The summed E-state index contributed by atoms with van der Waals surface area (Å²) in [5, 5.41) is 9.74. The van der Waals surface area contributed by atoms with Crippen LogP contribution in [0, 0.1) is 0 Å². The fourth-order valence-electron chi connectivity index (χ4n) is 1.41. The molecule has 0 aliphatic rings. The van der Waals surface area contributed by atoms with Gasteiger partial charge in [-0.25, -0.2) is 0 Å². The first-order valence-corrected chi connectivity index (χ1v) is 6.01. The summed E-state index contributed by atoms with van der Waals surface area (Å²) in [6.07, 6.45) is 0. The largest absolute Gasteiger partial charge is 0.507 e. The number of hydrogen-bond donors (Lipinski definition) is 1. The standard InChI is InChI=1S/C12H8Br2O/c13-10-6-3-5-9(12(10)14)8-4-1-2-7-11(8)15/h1-7,15H. The second kappa shape index (κ2) is 4.37. The van der Waals surface area contributed by atoms with Crippen molar-refractivity contribution in [3.63, 3.8) is 0 Å². The molecule has 1 N–H and O–H groups in total.